The van der Waals surface area contributed by atoms with Gasteiger partial charge < -0.3 is 9.84 Å². The number of aromatic hydroxyl groups is 1. The first kappa shape index (κ1) is 28.6. The molecule has 0 spiro atoms. The minimum absolute atomic E-state index is 0.0539. The number of carbonyl (C=O) groups is 1. The van der Waals surface area contributed by atoms with Gasteiger partial charge in [-0.2, -0.15) is 10.2 Å². The van der Waals surface area contributed by atoms with Crippen LogP contribution in [0.2, 0.25) is 0 Å². The summed E-state index contributed by atoms with van der Waals surface area (Å²) in [6, 6.07) is 27.8. The van der Waals surface area contributed by atoms with E-state index in [0.29, 0.717) is 38.6 Å². The molecule has 5 aromatic rings. The number of azo groups is 1. The van der Waals surface area contributed by atoms with Gasteiger partial charge in [-0.05, 0) is 61.0 Å². The molecule has 0 amide bonds. The van der Waals surface area contributed by atoms with Crippen molar-refractivity contribution in [3.63, 3.8) is 0 Å². The number of carbonyl (C=O) groups excluding carboxylic acids is 1. The number of benzene rings is 4. The normalized spacial score (nSPS) is 14.9. The lowest BCUT2D eigenvalue weighted by molar-refractivity contribution is -0.138. The van der Waals surface area contributed by atoms with Crippen LogP contribution in [0.1, 0.15) is 29.7 Å². The Morgan fingerprint density at radius 1 is 0.977 bits per heavy atom. The second kappa shape index (κ2) is 12.4. The van der Waals surface area contributed by atoms with E-state index in [9.17, 15) is 19.1 Å². The summed E-state index contributed by atoms with van der Waals surface area (Å²) >= 11 is 1.11. The Balaban J connectivity index is 1.54. The van der Waals surface area contributed by atoms with Crippen LogP contribution < -0.4 is 14.9 Å². The molecule has 0 bridgehead atoms. The van der Waals surface area contributed by atoms with Gasteiger partial charge in [0.1, 0.15) is 11.6 Å². The van der Waals surface area contributed by atoms with Crippen LogP contribution >= 0.6 is 11.3 Å². The Bertz CT molecular complexity index is 2090. The molecule has 44 heavy (non-hydrogen) atoms. The molecule has 2 heterocycles. The molecule has 1 aliphatic rings. The molecule has 10 heteroatoms. The van der Waals surface area contributed by atoms with Crippen LogP contribution in [-0.4, -0.2) is 22.2 Å². The summed E-state index contributed by atoms with van der Waals surface area (Å²) in [5, 5.41) is 19.1. The second-order valence-electron chi connectivity index (χ2n) is 9.76. The van der Waals surface area contributed by atoms with E-state index in [1.807, 2.05) is 60.7 Å². The van der Waals surface area contributed by atoms with Gasteiger partial charge in [-0.25, -0.2) is 14.2 Å². The summed E-state index contributed by atoms with van der Waals surface area (Å²) in [4.78, 5) is 32.7. The number of hydrogen-bond donors (Lipinski definition) is 1. The van der Waals surface area contributed by atoms with E-state index in [-0.39, 0.29) is 22.5 Å². The zero-order valence-corrected chi connectivity index (χ0v) is 24.2. The number of rotatable bonds is 7. The standard InChI is InChI=1S/C34H25FN4O4S/c1-2-43-33(42)29-30(21-9-5-3-6-10-21)36-34-39(31(29)22-13-15-24(35)16-14-22)32(41)28(44-34)20-23-19-26(17-18-27(23)40)38-37-25-11-7-4-8-12-25/h3-20,31,40H,2H2,1H3/b28-20-,38-37?/t31-/m1/s1. The number of thiazole rings is 1. The number of esters is 1. The molecule has 8 nitrogen and oxygen atoms in total. The molecule has 0 unspecified atom stereocenters. The molecule has 6 rings (SSSR count). The monoisotopic (exact) mass is 604 g/mol. The third kappa shape index (κ3) is 5.75. The Morgan fingerprint density at radius 2 is 1.66 bits per heavy atom. The molecule has 1 aromatic heterocycles. The van der Waals surface area contributed by atoms with Gasteiger partial charge in [0.25, 0.3) is 5.56 Å². The number of nitrogens with zero attached hydrogens (tertiary/aromatic N) is 4. The van der Waals surface area contributed by atoms with Crippen LogP contribution in [0, 0.1) is 5.82 Å². The van der Waals surface area contributed by atoms with Gasteiger partial charge in [-0.1, -0.05) is 72.0 Å². The average Bonchev–Trinajstić information content (AvgIpc) is 3.36. The number of halogens is 1. The van der Waals surface area contributed by atoms with E-state index in [1.165, 1.54) is 34.9 Å². The second-order valence-corrected chi connectivity index (χ2v) is 10.8. The quantitative estimate of drug-likeness (QED) is 0.177. The van der Waals surface area contributed by atoms with E-state index in [4.69, 9.17) is 9.73 Å². The van der Waals surface area contributed by atoms with Crippen molar-refractivity contribution in [1.82, 2.24) is 4.57 Å². The van der Waals surface area contributed by atoms with Crippen molar-refractivity contribution in [1.29, 1.82) is 0 Å². The van der Waals surface area contributed by atoms with E-state index < -0.39 is 23.4 Å². The Labute approximate surface area is 255 Å². The van der Waals surface area contributed by atoms with E-state index >= 15 is 0 Å². The SMILES string of the molecule is CCOC(=O)C1=C(c2ccccc2)N=c2s/c(=C\c3cc(N=Nc4ccccc4)ccc3O)c(=O)n2[C@@H]1c1ccc(F)cc1. The van der Waals surface area contributed by atoms with E-state index in [1.54, 1.807) is 25.1 Å². The van der Waals surface area contributed by atoms with Crippen molar-refractivity contribution in [2.45, 2.75) is 13.0 Å². The number of ether oxygens (including phenoxy) is 1. The highest BCUT2D eigenvalue weighted by Crippen LogP contribution is 2.35. The zero-order valence-electron chi connectivity index (χ0n) is 23.4. The highest BCUT2D eigenvalue weighted by Gasteiger charge is 2.35. The summed E-state index contributed by atoms with van der Waals surface area (Å²) in [7, 11) is 0. The summed E-state index contributed by atoms with van der Waals surface area (Å²) < 4.78 is 21.1. The molecule has 0 saturated heterocycles. The number of phenolic OH excluding ortho intramolecular Hbond substituents is 1. The zero-order chi connectivity index (χ0) is 30.6. The predicted molar refractivity (Wildman–Crippen MR) is 166 cm³/mol. The highest BCUT2D eigenvalue weighted by molar-refractivity contribution is 7.07. The number of fused-ring (bicyclic) bond motifs is 1. The van der Waals surface area contributed by atoms with Crippen LogP contribution in [0.25, 0.3) is 11.8 Å². The van der Waals surface area contributed by atoms with Crippen molar-refractivity contribution < 1.29 is 19.0 Å². The lowest BCUT2D eigenvalue weighted by Crippen LogP contribution is -2.40. The van der Waals surface area contributed by atoms with Gasteiger partial charge in [-0.3, -0.25) is 9.36 Å². The number of phenols is 1. The summed E-state index contributed by atoms with van der Waals surface area (Å²) in [5.41, 5.74) is 2.76. The molecule has 1 aliphatic heterocycles. The van der Waals surface area contributed by atoms with Gasteiger partial charge in [0, 0.05) is 11.1 Å². The fraction of sp³-hybridized carbons (Fsp3) is 0.0882. The van der Waals surface area contributed by atoms with Crippen LogP contribution in [0.3, 0.4) is 0 Å². The molecule has 218 valence electrons. The van der Waals surface area contributed by atoms with Crippen molar-refractivity contribution >= 4 is 40.5 Å². The summed E-state index contributed by atoms with van der Waals surface area (Å²) in [5.74, 6) is -1.14. The minimum Gasteiger partial charge on any atom is -0.507 e. The first-order valence-corrected chi connectivity index (χ1v) is 14.6. The molecular weight excluding hydrogens is 579 g/mol. The molecule has 0 aliphatic carbocycles. The molecule has 0 radical (unpaired) electrons. The van der Waals surface area contributed by atoms with Crippen molar-refractivity contribution in [2.24, 2.45) is 15.2 Å². The van der Waals surface area contributed by atoms with Crippen molar-refractivity contribution in [2.75, 3.05) is 6.61 Å². The van der Waals surface area contributed by atoms with E-state index in [0.717, 1.165) is 11.3 Å². The predicted octanol–water partition coefficient (Wildman–Crippen LogP) is 6.20. The highest BCUT2D eigenvalue weighted by atomic mass is 32.1. The molecule has 1 atom stereocenters. The number of hydrogen-bond acceptors (Lipinski definition) is 8. The van der Waals surface area contributed by atoms with Crippen LogP contribution in [0.15, 0.2) is 129 Å². The maximum atomic E-state index is 14.1. The molecule has 4 aromatic carbocycles. The first-order valence-electron chi connectivity index (χ1n) is 13.8. The molecule has 1 N–H and O–H groups in total. The third-order valence-corrected chi connectivity index (χ3v) is 7.88. The summed E-state index contributed by atoms with van der Waals surface area (Å²) in [6.45, 7) is 1.81. The van der Waals surface area contributed by atoms with E-state index in [2.05, 4.69) is 10.2 Å². The van der Waals surface area contributed by atoms with Gasteiger partial charge in [-0.15, -0.1) is 0 Å². The molecule has 0 fully saturated rings. The van der Waals surface area contributed by atoms with Crippen LogP contribution in [0.5, 0.6) is 5.75 Å². The van der Waals surface area contributed by atoms with Gasteiger partial charge in [0.2, 0.25) is 0 Å². The maximum Gasteiger partial charge on any atom is 0.338 e. The minimum atomic E-state index is -0.942. The third-order valence-electron chi connectivity index (χ3n) is 6.89. The summed E-state index contributed by atoms with van der Waals surface area (Å²) in [6.07, 6.45) is 1.55. The van der Waals surface area contributed by atoms with Crippen LogP contribution in [0.4, 0.5) is 15.8 Å². The lowest BCUT2D eigenvalue weighted by Gasteiger charge is -2.25. The fourth-order valence-electron chi connectivity index (χ4n) is 4.87. The Kier molecular flexibility index (Phi) is 8.07. The first-order chi connectivity index (χ1) is 21.4. The molecule has 0 saturated carbocycles. The van der Waals surface area contributed by atoms with Crippen molar-refractivity contribution in [3.8, 4) is 5.75 Å². The fourth-order valence-corrected chi connectivity index (χ4v) is 5.86. The Hall–Kier alpha value is -5.48. The Morgan fingerprint density at radius 3 is 2.36 bits per heavy atom. The topological polar surface area (TPSA) is 106 Å². The van der Waals surface area contributed by atoms with Gasteiger partial charge in [0.15, 0.2) is 4.80 Å². The average molecular weight is 605 g/mol. The van der Waals surface area contributed by atoms with Crippen molar-refractivity contribution in [3.05, 3.63) is 151 Å². The maximum absolute atomic E-state index is 14.1. The molecular formula is C34H25FN4O4S. The van der Waals surface area contributed by atoms with Gasteiger partial charge >= 0.3 is 5.97 Å². The largest absolute Gasteiger partial charge is 0.507 e. The lowest BCUT2D eigenvalue weighted by atomic mass is 9.93. The van der Waals surface area contributed by atoms with Gasteiger partial charge in [0.05, 0.1) is 39.8 Å². The van der Waals surface area contributed by atoms with Crippen LogP contribution in [-0.2, 0) is 9.53 Å². The smallest absolute Gasteiger partial charge is 0.338 e. The number of aromatic nitrogens is 1.